The number of fused-ring (bicyclic) bond motifs is 1. The van der Waals surface area contributed by atoms with Gasteiger partial charge in [-0.25, -0.2) is 13.2 Å². The summed E-state index contributed by atoms with van der Waals surface area (Å²) in [5.41, 5.74) is 2.67. The smallest absolute Gasteiger partial charge is 0.335 e. The van der Waals surface area contributed by atoms with Gasteiger partial charge >= 0.3 is 5.97 Å². The highest BCUT2D eigenvalue weighted by Gasteiger charge is 2.43. The Morgan fingerprint density at radius 2 is 2.00 bits per heavy atom. The van der Waals surface area contributed by atoms with Crippen LogP contribution in [0.15, 0.2) is 18.2 Å². The summed E-state index contributed by atoms with van der Waals surface area (Å²) in [5, 5.41) is 9.13. The van der Waals surface area contributed by atoms with E-state index in [1.54, 1.807) is 12.1 Å². The van der Waals surface area contributed by atoms with Gasteiger partial charge in [0.1, 0.15) is 6.54 Å². The fourth-order valence-corrected chi connectivity index (χ4v) is 3.29. The van der Waals surface area contributed by atoms with Gasteiger partial charge < -0.3 is 9.66 Å². The second-order valence-electron chi connectivity index (χ2n) is 6.01. The van der Waals surface area contributed by atoms with Gasteiger partial charge in [0.25, 0.3) is 0 Å². The van der Waals surface area contributed by atoms with Crippen molar-refractivity contribution >= 4 is 27.5 Å². The summed E-state index contributed by atoms with van der Waals surface area (Å²) in [6.45, 7) is 6.34. The van der Waals surface area contributed by atoms with Gasteiger partial charge in [-0.15, -0.1) is 0 Å². The van der Waals surface area contributed by atoms with Crippen LogP contribution in [-0.4, -0.2) is 46.6 Å². The summed E-state index contributed by atoms with van der Waals surface area (Å²) >= 11 is 0. The van der Waals surface area contributed by atoms with E-state index in [-0.39, 0.29) is 17.4 Å². The zero-order valence-corrected chi connectivity index (χ0v) is 13.6. The van der Waals surface area contributed by atoms with Gasteiger partial charge in [-0.05, 0) is 26.0 Å². The van der Waals surface area contributed by atoms with Gasteiger partial charge in [-0.1, -0.05) is 0 Å². The largest absolute Gasteiger partial charge is 0.748 e. The SMILES string of the molecule is CC1=[N+](CCCS(=O)(=O)[O-])c2ccc(C(=O)O)cc2C1(C)C. The quantitative estimate of drug-likeness (QED) is 0.656. The molecule has 0 bridgehead atoms. The molecular weight excluding hydrogens is 306 g/mol. The Hall–Kier alpha value is -1.73. The van der Waals surface area contributed by atoms with Crippen LogP contribution < -0.4 is 0 Å². The van der Waals surface area contributed by atoms with Gasteiger partial charge in [0, 0.05) is 30.7 Å². The normalized spacial score (nSPS) is 16.7. The summed E-state index contributed by atoms with van der Waals surface area (Å²) in [6, 6.07) is 4.93. The molecule has 0 amide bonds. The van der Waals surface area contributed by atoms with Gasteiger partial charge in [-0.3, -0.25) is 0 Å². The van der Waals surface area contributed by atoms with E-state index in [0.29, 0.717) is 6.54 Å². The average molecular weight is 325 g/mol. The molecule has 2 rings (SSSR count). The molecule has 6 nitrogen and oxygen atoms in total. The molecule has 0 aliphatic carbocycles. The zero-order chi connectivity index (χ0) is 16.7. The van der Waals surface area contributed by atoms with Crippen LogP contribution in [0.25, 0.3) is 0 Å². The van der Waals surface area contributed by atoms with Crippen molar-refractivity contribution in [1.29, 1.82) is 0 Å². The molecule has 0 fully saturated rings. The molecule has 0 unspecified atom stereocenters. The van der Waals surface area contributed by atoms with Crippen molar-refractivity contribution in [3.05, 3.63) is 29.3 Å². The number of nitrogens with zero attached hydrogens (tertiary/aromatic N) is 1. The highest BCUT2D eigenvalue weighted by molar-refractivity contribution is 7.85. The monoisotopic (exact) mass is 325 g/mol. The third-order valence-electron chi connectivity index (χ3n) is 4.29. The van der Waals surface area contributed by atoms with Gasteiger partial charge in [0.2, 0.25) is 5.69 Å². The Morgan fingerprint density at radius 3 is 2.55 bits per heavy atom. The number of carbonyl (C=O) groups is 1. The summed E-state index contributed by atoms with van der Waals surface area (Å²) in [7, 11) is -4.22. The van der Waals surface area contributed by atoms with Crippen LogP contribution >= 0.6 is 0 Å². The minimum Gasteiger partial charge on any atom is -0.748 e. The molecule has 0 spiro atoms. The first kappa shape index (κ1) is 16.6. The highest BCUT2D eigenvalue weighted by atomic mass is 32.2. The van der Waals surface area contributed by atoms with Crippen molar-refractivity contribution in [1.82, 2.24) is 0 Å². The van der Waals surface area contributed by atoms with Crippen molar-refractivity contribution in [3.8, 4) is 0 Å². The Kier molecular flexibility index (Phi) is 4.14. The van der Waals surface area contributed by atoms with Crippen LogP contribution in [0.3, 0.4) is 0 Å². The molecule has 22 heavy (non-hydrogen) atoms. The van der Waals surface area contributed by atoms with E-state index in [2.05, 4.69) is 0 Å². The number of hydrogen-bond acceptors (Lipinski definition) is 4. The lowest BCUT2D eigenvalue weighted by atomic mass is 9.81. The summed E-state index contributed by atoms with van der Waals surface area (Å²) < 4.78 is 34.2. The van der Waals surface area contributed by atoms with E-state index in [9.17, 15) is 17.8 Å². The number of hydrogen-bond donors (Lipinski definition) is 1. The van der Waals surface area contributed by atoms with E-state index < -0.39 is 21.8 Å². The molecule has 0 radical (unpaired) electrons. The van der Waals surface area contributed by atoms with Crippen molar-refractivity contribution < 1.29 is 27.4 Å². The zero-order valence-electron chi connectivity index (χ0n) is 12.8. The van der Waals surface area contributed by atoms with Gasteiger partial charge in [0.05, 0.1) is 21.1 Å². The lowest BCUT2D eigenvalue weighted by Crippen LogP contribution is -2.27. The molecule has 1 aromatic carbocycles. The Bertz CT molecular complexity index is 762. The minimum absolute atomic E-state index is 0.226. The maximum atomic E-state index is 11.1. The van der Waals surface area contributed by atoms with Gasteiger partial charge in [-0.2, -0.15) is 4.58 Å². The fourth-order valence-electron chi connectivity index (χ4n) is 2.81. The lowest BCUT2D eigenvalue weighted by molar-refractivity contribution is -0.438. The number of rotatable bonds is 5. The van der Waals surface area contributed by atoms with E-state index in [0.717, 1.165) is 17.0 Å². The van der Waals surface area contributed by atoms with Crippen LogP contribution in [0.4, 0.5) is 5.69 Å². The third-order valence-corrected chi connectivity index (χ3v) is 5.08. The van der Waals surface area contributed by atoms with Gasteiger partial charge in [0.15, 0.2) is 5.71 Å². The molecule has 0 saturated carbocycles. The number of carboxylic acids is 1. The molecule has 120 valence electrons. The fraction of sp³-hybridized carbons (Fsp3) is 0.467. The number of benzene rings is 1. The highest BCUT2D eigenvalue weighted by Crippen LogP contribution is 2.40. The van der Waals surface area contributed by atoms with E-state index in [1.807, 2.05) is 25.3 Å². The van der Waals surface area contributed by atoms with E-state index >= 15 is 0 Å². The lowest BCUT2D eigenvalue weighted by Gasteiger charge is -2.15. The van der Waals surface area contributed by atoms with Crippen molar-refractivity contribution in [2.45, 2.75) is 32.6 Å². The molecule has 0 saturated heterocycles. The third kappa shape index (κ3) is 3.05. The predicted octanol–water partition coefficient (Wildman–Crippen LogP) is 1.72. The Labute approximate surface area is 129 Å². The number of aromatic carboxylic acids is 1. The molecule has 7 heteroatoms. The molecule has 1 aliphatic rings. The van der Waals surface area contributed by atoms with Crippen molar-refractivity contribution in [3.63, 3.8) is 0 Å². The first-order chi connectivity index (χ1) is 10.0. The molecule has 1 aromatic rings. The molecule has 1 heterocycles. The van der Waals surface area contributed by atoms with E-state index in [1.165, 1.54) is 6.07 Å². The second-order valence-corrected chi connectivity index (χ2v) is 7.54. The number of carboxylic acid groups (broad SMARTS) is 1. The Morgan fingerprint density at radius 1 is 1.36 bits per heavy atom. The van der Waals surface area contributed by atoms with Crippen LogP contribution in [-0.2, 0) is 15.5 Å². The molecule has 1 N–H and O–H groups in total. The summed E-state index contributed by atoms with van der Waals surface area (Å²) in [4.78, 5) is 11.1. The summed E-state index contributed by atoms with van der Waals surface area (Å²) in [6.07, 6.45) is 0.235. The minimum atomic E-state index is -4.22. The molecule has 1 aliphatic heterocycles. The molecule has 0 atom stereocenters. The van der Waals surface area contributed by atoms with Crippen LogP contribution in [0.5, 0.6) is 0 Å². The first-order valence-electron chi connectivity index (χ1n) is 6.97. The van der Waals surface area contributed by atoms with Crippen molar-refractivity contribution in [2.75, 3.05) is 12.3 Å². The topological polar surface area (TPSA) is 97.5 Å². The standard InChI is InChI=1S/C15H19NO5S/c1-10-15(2,3)12-9-11(14(17)18)5-6-13(12)16(10)7-4-8-22(19,20)21/h5-6,9H,4,7-8H2,1-3H3,(H-,17,18,19,20,21). The van der Waals surface area contributed by atoms with Crippen LogP contribution in [0.2, 0.25) is 0 Å². The van der Waals surface area contributed by atoms with Crippen LogP contribution in [0.1, 0.15) is 43.1 Å². The maximum absolute atomic E-state index is 11.1. The molecule has 0 aromatic heterocycles. The molecular formula is C15H19NO5S. The van der Waals surface area contributed by atoms with E-state index in [4.69, 9.17) is 5.11 Å². The predicted molar refractivity (Wildman–Crippen MR) is 81.1 cm³/mol. The maximum Gasteiger partial charge on any atom is 0.335 e. The van der Waals surface area contributed by atoms with Crippen molar-refractivity contribution in [2.24, 2.45) is 0 Å². The van der Waals surface area contributed by atoms with Crippen LogP contribution in [0, 0.1) is 0 Å². The average Bonchev–Trinajstić information content (AvgIpc) is 2.58. The Balaban J connectivity index is 2.37. The second kappa shape index (κ2) is 5.48. The first-order valence-corrected chi connectivity index (χ1v) is 8.55. The summed E-state index contributed by atoms with van der Waals surface area (Å²) in [5.74, 6) is -1.38.